The SMILES string of the molecule is C[C@@H]1[C@@H](OCc2ccccc2)[C@H](OCc2ccccc2)CCN1C(=O)OCc1ccccc1. The van der Waals surface area contributed by atoms with Crippen LogP contribution in [0.1, 0.15) is 30.0 Å². The van der Waals surface area contributed by atoms with Crippen molar-refractivity contribution in [3.63, 3.8) is 0 Å². The van der Waals surface area contributed by atoms with Crippen LogP contribution in [0.3, 0.4) is 0 Å². The highest BCUT2D eigenvalue weighted by molar-refractivity contribution is 5.68. The number of ether oxygens (including phenoxy) is 3. The van der Waals surface area contributed by atoms with Crippen LogP contribution in [0.15, 0.2) is 91.0 Å². The Bertz CT molecular complexity index is 981. The predicted octanol–water partition coefficient (Wildman–Crippen LogP) is 5.59. The van der Waals surface area contributed by atoms with Gasteiger partial charge >= 0.3 is 6.09 Å². The number of hydrogen-bond acceptors (Lipinski definition) is 4. The van der Waals surface area contributed by atoms with Gasteiger partial charge in [-0.25, -0.2) is 4.79 Å². The van der Waals surface area contributed by atoms with Gasteiger partial charge in [0.15, 0.2) is 0 Å². The van der Waals surface area contributed by atoms with Crippen LogP contribution in [0.5, 0.6) is 0 Å². The molecule has 33 heavy (non-hydrogen) atoms. The molecule has 1 amide bonds. The second-order valence-corrected chi connectivity index (χ2v) is 8.36. The van der Waals surface area contributed by atoms with Crippen LogP contribution >= 0.6 is 0 Å². The van der Waals surface area contributed by atoms with Gasteiger partial charge in [-0.15, -0.1) is 0 Å². The molecule has 5 heteroatoms. The average Bonchev–Trinajstić information content (AvgIpc) is 2.87. The Morgan fingerprint density at radius 2 is 1.24 bits per heavy atom. The van der Waals surface area contributed by atoms with Crippen molar-refractivity contribution in [1.82, 2.24) is 4.90 Å². The number of benzene rings is 3. The molecule has 0 radical (unpaired) electrons. The molecule has 3 aromatic carbocycles. The third-order valence-electron chi connectivity index (χ3n) is 6.02. The Hall–Kier alpha value is -3.15. The van der Waals surface area contributed by atoms with Crippen LogP contribution in [-0.2, 0) is 34.0 Å². The average molecular weight is 446 g/mol. The number of hydrogen-bond donors (Lipinski definition) is 0. The van der Waals surface area contributed by atoms with Gasteiger partial charge in [0.2, 0.25) is 0 Å². The van der Waals surface area contributed by atoms with E-state index in [-0.39, 0.29) is 30.9 Å². The van der Waals surface area contributed by atoms with Crippen molar-refractivity contribution in [1.29, 1.82) is 0 Å². The molecule has 0 bridgehead atoms. The minimum absolute atomic E-state index is 0.109. The molecular weight excluding hydrogens is 414 g/mol. The van der Waals surface area contributed by atoms with E-state index in [2.05, 4.69) is 12.1 Å². The van der Waals surface area contributed by atoms with Crippen LogP contribution < -0.4 is 0 Å². The lowest BCUT2D eigenvalue weighted by Crippen LogP contribution is -2.56. The minimum atomic E-state index is -0.318. The second-order valence-electron chi connectivity index (χ2n) is 8.36. The van der Waals surface area contributed by atoms with Crippen molar-refractivity contribution in [2.24, 2.45) is 0 Å². The fraction of sp³-hybridized carbons (Fsp3) is 0.321. The van der Waals surface area contributed by atoms with Crippen molar-refractivity contribution in [3.05, 3.63) is 108 Å². The number of carbonyl (C=O) groups excluding carboxylic acids is 1. The van der Waals surface area contributed by atoms with Crippen molar-refractivity contribution < 1.29 is 19.0 Å². The zero-order valence-corrected chi connectivity index (χ0v) is 19.0. The van der Waals surface area contributed by atoms with E-state index in [1.165, 1.54) is 0 Å². The molecule has 172 valence electrons. The Morgan fingerprint density at radius 3 is 1.79 bits per heavy atom. The minimum Gasteiger partial charge on any atom is -0.445 e. The maximum atomic E-state index is 12.9. The Labute approximate surface area is 195 Å². The third kappa shape index (κ3) is 6.44. The van der Waals surface area contributed by atoms with Gasteiger partial charge in [0.1, 0.15) is 12.7 Å². The van der Waals surface area contributed by atoms with Gasteiger partial charge in [-0.2, -0.15) is 0 Å². The lowest BCUT2D eigenvalue weighted by Gasteiger charge is -2.42. The molecule has 4 rings (SSSR count). The number of piperidine rings is 1. The first-order valence-corrected chi connectivity index (χ1v) is 11.5. The highest BCUT2D eigenvalue weighted by atomic mass is 16.6. The molecular formula is C28H31NO4. The fourth-order valence-electron chi connectivity index (χ4n) is 4.15. The van der Waals surface area contributed by atoms with Crippen molar-refractivity contribution in [3.8, 4) is 0 Å². The van der Waals surface area contributed by atoms with E-state index in [0.29, 0.717) is 26.2 Å². The molecule has 0 N–H and O–H groups in total. The standard InChI is InChI=1S/C28H31NO4/c1-22-27(32-20-24-13-7-3-8-14-24)26(31-19-23-11-5-2-6-12-23)17-18-29(22)28(30)33-21-25-15-9-4-10-16-25/h2-16,22,26-27H,17-21H2,1H3/t22-,26-,27-/m1/s1. The number of amides is 1. The molecule has 0 saturated carbocycles. The molecule has 1 aliphatic heterocycles. The number of likely N-dealkylation sites (tertiary alicyclic amines) is 1. The normalized spacial score (nSPS) is 20.4. The lowest BCUT2D eigenvalue weighted by molar-refractivity contribution is -0.136. The van der Waals surface area contributed by atoms with Crippen LogP contribution in [0.25, 0.3) is 0 Å². The third-order valence-corrected chi connectivity index (χ3v) is 6.02. The molecule has 1 saturated heterocycles. The van der Waals surface area contributed by atoms with Crippen LogP contribution in [0.4, 0.5) is 4.79 Å². The quantitative estimate of drug-likeness (QED) is 0.454. The molecule has 1 fully saturated rings. The summed E-state index contributed by atoms with van der Waals surface area (Å²) >= 11 is 0. The maximum Gasteiger partial charge on any atom is 0.410 e. The summed E-state index contributed by atoms with van der Waals surface area (Å²) < 4.78 is 18.2. The first-order chi connectivity index (χ1) is 16.2. The summed E-state index contributed by atoms with van der Waals surface area (Å²) in [6.45, 7) is 3.82. The van der Waals surface area contributed by atoms with E-state index in [9.17, 15) is 4.79 Å². The zero-order valence-electron chi connectivity index (χ0n) is 19.0. The molecule has 1 heterocycles. The van der Waals surface area contributed by atoms with Gasteiger partial charge in [-0.05, 0) is 30.0 Å². The van der Waals surface area contributed by atoms with E-state index < -0.39 is 0 Å². The topological polar surface area (TPSA) is 48.0 Å². The van der Waals surface area contributed by atoms with E-state index in [4.69, 9.17) is 14.2 Å². The van der Waals surface area contributed by atoms with Gasteiger partial charge in [-0.1, -0.05) is 91.0 Å². The van der Waals surface area contributed by atoms with E-state index in [1.54, 1.807) is 4.90 Å². The molecule has 1 aliphatic rings. The zero-order chi connectivity index (χ0) is 22.9. The van der Waals surface area contributed by atoms with Crippen LogP contribution in [0, 0.1) is 0 Å². The molecule has 0 spiro atoms. The van der Waals surface area contributed by atoms with Gasteiger partial charge in [0, 0.05) is 6.54 Å². The van der Waals surface area contributed by atoms with Crippen LogP contribution in [-0.4, -0.2) is 35.8 Å². The van der Waals surface area contributed by atoms with Crippen molar-refractivity contribution >= 4 is 6.09 Å². The number of carbonyl (C=O) groups is 1. The summed E-state index contributed by atoms with van der Waals surface area (Å²) in [4.78, 5) is 14.7. The first kappa shape index (κ1) is 23.0. The molecule has 0 aliphatic carbocycles. The second kappa shape index (κ2) is 11.6. The summed E-state index contributed by atoms with van der Waals surface area (Å²) in [5, 5.41) is 0. The summed E-state index contributed by atoms with van der Waals surface area (Å²) in [7, 11) is 0. The highest BCUT2D eigenvalue weighted by Crippen LogP contribution is 2.26. The van der Waals surface area contributed by atoms with Gasteiger partial charge in [0.05, 0.1) is 25.4 Å². The monoisotopic (exact) mass is 445 g/mol. The van der Waals surface area contributed by atoms with Crippen molar-refractivity contribution in [2.45, 2.75) is 51.4 Å². The summed E-state index contributed by atoms with van der Waals surface area (Å²) in [5.41, 5.74) is 3.18. The van der Waals surface area contributed by atoms with E-state index in [0.717, 1.165) is 16.7 Å². The number of nitrogens with zero attached hydrogens (tertiary/aromatic N) is 1. The summed E-state index contributed by atoms with van der Waals surface area (Å²) in [6.07, 6.45) is 0.00654. The first-order valence-electron chi connectivity index (χ1n) is 11.5. The largest absolute Gasteiger partial charge is 0.445 e. The molecule has 5 nitrogen and oxygen atoms in total. The maximum absolute atomic E-state index is 12.9. The molecule has 3 aromatic rings. The number of rotatable bonds is 8. The van der Waals surface area contributed by atoms with Gasteiger partial charge in [0.25, 0.3) is 0 Å². The lowest BCUT2D eigenvalue weighted by atomic mass is 9.97. The molecule has 0 aromatic heterocycles. The van der Waals surface area contributed by atoms with Crippen molar-refractivity contribution in [2.75, 3.05) is 6.54 Å². The smallest absolute Gasteiger partial charge is 0.410 e. The highest BCUT2D eigenvalue weighted by Gasteiger charge is 2.39. The van der Waals surface area contributed by atoms with E-state index in [1.807, 2.05) is 85.8 Å². The van der Waals surface area contributed by atoms with E-state index >= 15 is 0 Å². The molecule has 0 unspecified atom stereocenters. The Kier molecular flexibility index (Phi) is 8.12. The Balaban J connectivity index is 1.41. The Morgan fingerprint density at radius 1 is 0.758 bits per heavy atom. The van der Waals surface area contributed by atoms with Gasteiger partial charge < -0.3 is 19.1 Å². The van der Waals surface area contributed by atoms with Crippen LogP contribution in [0.2, 0.25) is 0 Å². The van der Waals surface area contributed by atoms with Gasteiger partial charge in [-0.3, -0.25) is 0 Å². The predicted molar refractivity (Wildman–Crippen MR) is 127 cm³/mol. The summed E-state index contributed by atoms with van der Waals surface area (Å²) in [5.74, 6) is 0. The fourth-order valence-corrected chi connectivity index (χ4v) is 4.15. The summed E-state index contributed by atoms with van der Waals surface area (Å²) in [6, 6.07) is 29.7. The molecule has 3 atom stereocenters.